The van der Waals surface area contributed by atoms with Crippen LogP contribution in [0.5, 0.6) is 0 Å². The van der Waals surface area contributed by atoms with Crippen LogP contribution < -0.4 is 0 Å². The summed E-state index contributed by atoms with van der Waals surface area (Å²) in [7, 11) is 0. The van der Waals surface area contributed by atoms with Gasteiger partial charge in [0, 0.05) is 11.6 Å². The zero-order valence-corrected chi connectivity index (χ0v) is 10.5. The van der Waals surface area contributed by atoms with E-state index in [2.05, 4.69) is 0 Å². The van der Waals surface area contributed by atoms with Gasteiger partial charge in [-0.15, -0.1) is 0 Å². The molecule has 0 saturated heterocycles. The van der Waals surface area contributed by atoms with Gasteiger partial charge in [0.2, 0.25) is 0 Å². The van der Waals surface area contributed by atoms with Crippen molar-refractivity contribution in [3.05, 3.63) is 66.2 Å². The van der Waals surface area contributed by atoms with E-state index in [-0.39, 0.29) is 5.76 Å². The molecule has 0 saturated carbocycles. The molecule has 0 atom stereocenters. The molecule has 2 rings (SSSR count). The fraction of sp³-hybridized carbons (Fsp3) is 0. The van der Waals surface area contributed by atoms with Crippen LogP contribution in [0, 0.1) is 0 Å². The highest BCUT2D eigenvalue weighted by Gasteiger charge is 2.10. The van der Waals surface area contributed by atoms with Gasteiger partial charge in [-0.05, 0) is 11.1 Å². The largest absolute Gasteiger partial charge is 0.507 e. The molecule has 0 aliphatic heterocycles. The van der Waals surface area contributed by atoms with E-state index in [1.54, 1.807) is 24.3 Å². The molecule has 0 heterocycles. The number of benzene rings is 2. The Morgan fingerprint density at radius 2 is 1.35 bits per heavy atom. The Bertz CT molecular complexity index is 655. The summed E-state index contributed by atoms with van der Waals surface area (Å²) in [5, 5.41) is 18.1. The summed E-state index contributed by atoms with van der Waals surface area (Å²) >= 11 is 0. The summed E-state index contributed by atoms with van der Waals surface area (Å²) in [5.41, 5.74) is 2.38. The molecule has 0 bridgehead atoms. The number of hydrogen-bond donors (Lipinski definition) is 2. The second kappa shape index (κ2) is 5.84. The van der Waals surface area contributed by atoms with E-state index in [1.807, 2.05) is 30.3 Å². The lowest BCUT2D eigenvalue weighted by Crippen LogP contribution is -2.09. The fourth-order valence-corrected chi connectivity index (χ4v) is 1.73. The number of aliphatic hydroxyl groups is 1. The minimum absolute atomic E-state index is 0.364. The van der Waals surface area contributed by atoms with Crippen LogP contribution in [0.3, 0.4) is 0 Å². The van der Waals surface area contributed by atoms with Gasteiger partial charge in [-0.1, -0.05) is 54.6 Å². The number of carbonyl (C=O) groups excluding carboxylic acids is 1. The Hall–Kier alpha value is -2.88. The Morgan fingerprint density at radius 3 is 1.90 bits per heavy atom. The topological polar surface area (TPSA) is 74.6 Å². The third-order valence-corrected chi connectivity index (χ3v) is 2.77. The maximum absolute atomic E-state index is 11.0. The first-order valence-corrected chi connectivity index (χ1v) is 5.91. The van der Waals surface area contributed by atoms with Crippen molar-refractivity contribution in [2.45, 2.75) is 0 Å². The number of aliphatic hydroxyl groups excluding tert-OH is 1. The van der Waals surface area contributed by atoms with Gasteiger partial charge in [-0.2, -0.15) is 0 Å². The van der Waals surface area contributed by atoms with Crippen LogP contribution in [0.4, 0.5) is 0 Å². The number of ketones is 1. The Morgan fingerprint density at radius 1 is 0.800 bits per heavy atom. The quantitative estimate of drug-likeness (QED) is 0.508. The van der Waals surface area contributed by atoms with Gasteiger partial charge in [-0.25, -0.2) is 4.79 Å². The average Bonchev–Trinajstić information content (AvgIpc) is 2.48. The molecule has 0 fully saturated rings. The van der Waals surface area contributed by atoms with Crippen molar-refractivity contribution in [1.82, 2.24) is 0 Å². The van der Waals surface area contributed by atoms with Gasteiger partial charge < -0.3 is 10.2 Å². The number of rotatable bonds is 4. The van der Waals surface area contributed by atoms with Crippen molar-refractivity contribution in [3.8, 4) is 11.1 Å². The molecule has 20 heavy (non-hydrogen) atoms. The summed E-state index contributed by atoms with van der Waals surface area (Å²) in [6, 6.07) is 16.5. The second-order valence-corrected chi connectivity index (χ2v) is 4.14. The first-order chi connectivity index (χ1) is 9.58. The van der Waals surface area contributed by atoms with Gasteiger partial charge >= 0.3 is 5.97 Å². The zero-order chi connectivity index (χ0) is 14.5. The Balaban J connectivity index is 2.25. The van der Waals surface area contributed by atoms with Crippen LogP contribution in [0.2, 0.25) is 0 Å². The maximum atomic E-state index is 11.0. The van der Waals surface area contributed by atoms with E-state index in [4.69, 9.17) is 5.11 Å². The van der Waals surface area contributed by atoms with Crippen molar-refractivity contribution in [2.75, 3.05) is 0 Å². The molecule has 0 unspecified atom stereocenters. The lowest BCUT2D eigenvalue weighted by molar-refractivity contribution is -0.146. The van der Waals surface area contributed by atoms with Crippen LogP contribution in [0.1, 0.15) is 5.56 Å². The van der Waals surface area contributed by atoms with E-state index in [0.717, 1.165) is 11.1 Å². The van der Waals surface area contributed by atoms with Gasteiger partial charge in [0.25, 0.3) is 5.78 Å². The first-order valence-electron chi connectivity index (χ1n) is 5.91. The van der Waals surface area contributed by atoms with E-state index >= 15 is 0 Å². The molecule has 0 spiro atoms. The zero-order valence-electron chi connectivity index (χ0n) is 10.5. The average molecular weight is 268 g/mol. The number of aliphatic carboxylic acids is 1. The summed E-state index contributed by atoms with van der Waals surface area (Å²) < 4.78 is 0. The molecule has 0 aromatic heterocycles. The minimum Gasteiger partial charge on any atom is -0.507 e. The lowest BCUT2D eigenvalue weighted by atomic mass is 10.0. The fourth-order valence-electron chi connectivity index (χ4n) is 1.73. The van der Waals surface area contributed by atoms with E-state index in [1.165, 1.54) is 0 Å². The molecule has 0 aliphatic carbocycles. The normalized spacial score (nSPS) is 11.1. The van der Waals surface area contributed by atoms with Crippen LogP contribution in [-0.2, 0) is 9.59 Å². The van der Waals surface area contributed by atoms with Gasteiger partial charge in [0.05, 0.1) is 0 Å². The Labute approximate surface area is 115 Å². The lowest BCUT2D eigenvalue weighted by Gasteiger charge is -2.03. The maximum Gasteiger partial charge on any atom is 0.376 e. The first kappa shape index (κ1) is 13.5. The highest BCUT2D eigenvalue weighted by Crippen LogP contribution is 2.21. The Kier molecular flexibility index (Phi) is 3.96. The predicted molar refractivity (Wildman–Crippen MR) is 75.1 cm³/mol. The van der Waals surface area contributed by atoms with Gasteiger partial charge in [0.1, 0.15) is 5.76 Å². The van der Waals surface area contributed by atoms with Gasteiger partial charge in [0.15, 0.2) is 0 Å². The third-order valence-electron chi connectivity index (χ3n) is 2.77. The summed E-state index contributed by atoms with van der Waals surface area (Å²) in [6.07, 6.45) is 0.694. The minimum atomic E-state index is -1.60. The standard InChI is InChI=1S/C16H12O4/c17-14(10-15(18)16(19)20)13-8-6-12(7-9-13)11-4-2-1-3-5-11/h1-10,17H,(H,19,20)/b14-10-. The predicted octanol–water partition coefficient (Wildman–Crippen LogP) is 2.91. The van der Waals surface area contributed by atoms with Crippen molar-refractivity contribution >= 4 is 17.5 Å². The van der Waals surface area contributed by atoms with E-state index < -0.39 is 11.8 Å². The monoisotopic (exact) mass is 268 g/mol. The molecule has 4 heteroatoms. The molecule has 4 nitrogen and oxygen atoms in total. The highest BCUT2D eigenvalue weighted by molar-refractivity contribution is 6.38. The van der Waals surface area contributed by atoms with Crippen LogP contribution in [0.15, 0.2) is 60.7 Å². The van der Waals surface area contributed by atoms with Crippen molar-refractivity contribution in [3.63, 3.8) is 0 Å². The van der Waals surface area contributed by atoms with Crippen molar-refractivity contribution in [2.24, 2.45) is 0 Å². The van der Waals surface area contributed by atoms with Crippen molar-refractivity contribution < 1.29 is 19.8 Å². The molecule has 2 aromatic carbocycles. The number of hydrogen-bond acceptors (Lipinski definition) is 3. The smallest absolute Gasteiger partial charge is 0.376 e. The molecular formula is C16H12O4. The highest BCUT2D eigenvalue weighted by atomic mass is 16.4. The van der Waals surface area contributed by atoms with Crippen LogP contribution >= 0.6 is 0 Å². The second-order valence-electron chi connectivity index (χ2n) is 4.14. The van der Waals surface area contributed by atoms with Gasteiger partial charge in [-0.3, -0.25) is 4.79 Å². The molecule has 0 aliphatic rings. The van der Waals surface area contributed by atoms with Crippen LogP contribution in [0.25, 0.3) is 16.9 Å². The van der Waals surface area contributed by atoms with Crippen molar-refractivity contribution in [1.29, 1.82) is 0 Å². The molecular weight excluding hydrogens is 256 g/mol. The molecule has 0 amide bonds. The molecule has 100 valence electrons. The molecule has 2 N–H and O–H groups in total. The number of carboxylic acid groups (broad SMARTS) is 1. The number of carbonyl (C=O) groups is 2. The summed E-state index contributed by atoms with van der Waals surface area (Å²) in [6.45, 7) is 0. The van der Waals surface area contributed by atoms with E-state index in [9.17, 15) is 14.7 Å². The SMILES string of the molecule is O=C(O)C(=O)/C=C(\O)c1ccc(-c2ccccc2)cc1. The third kappa shape index (κ3) is 3.11. The van der Waals surface area contributed by atoms with E-state index in [0.29, 0.717) is 11.6 Å². The van der Waals surface area contributed by atoms with Crippen LogP contribution in [-0.4, -0.2) is 22.0 Å². The number of carboxylic acids is 1. The molecule has 0 radical (unpaired) electrons. The summed E-state index contributed by atoms with van der Waals surface area (Å²) in [4.78, 5) is 21.4. The molecule has 2 aromatic rings. The summed E-state index contributed by atoms with van der Waals surface area (Å²) in [5.74, 6) is -3.12.